The molecule has 4 nitrogen and oxygen atoms in total. The Kier molecular flexibility index (Phi) is 4.48. The number of hydrogen-bond donors (Lipinski definition) is 0. The molecule has 1 saturated heterocycles. The molecule has 23 heavy (non-hydrogen) atoms. The first kappa shape index (κ1) is 15.7. The first-order valence-corrected chi connectivity index (χ1v) is 8.30. The van der Waals surface area contributed by atoms with Crippen LogP contribution in [0.4, 0.5) is 5.69 Å². The van der Waals surface area contributed by atoms with E-state index >= 15 is 0 Å². The Bertz CT molecular complexity index is 716. The van der Waals surface area contributed by atoms with Gasteiger partial charge in [0.1, 0.15) is 6.04 Å². The average molecular weight is 373 g/mol. The maximum atomic E-state index is 12.7. The number of benzene rings is 2. The van der Waals surface area contributed by atoms with E-state index in [2.05, 4.69) is 15.9 Å². The van der Waals surface area contributed by atoms with Gasteiger partial charge in [0.2, 0.25) is 5.91 Å². The van der Waals surface area contributed by atoms with E-state index in [1.807, 2.05) is 42.5 Å². The number of piperazine rings is 1. The monoisotopic (exact) mass is 372 g/mol. The molecule has 1 aliphatic heterocycles. The number of rotatable bonds is 2. The summed E-state index contributed by atoms with van der Waals surface area (Å²) in [7, 11) is 0. The lowest BCUT2D eigenvalue weighted by molar-refractivity contribution is -0.124. The predicted molar refractivity (Wildman–Crippen MR) is 93.4 cm³/mol. The van der Waals surface area contributed by atoms with Gasteiger partial charge in [-0.1, -0.05) is 34.1 Å². The highest BCUT2D eigenvalue weighted by molar-refractivity contribution is 9.10. The highest BCUT2D eigenvalue weighted by atomic mass is 79.9. The lowest BCUT2D eigenvalue weighted by Gasteiger charge is -2.39. The molecule has 0 unspecified atom stereocenters. The van der Waals surface area contributed by atoms with Crippen LogP contribution in [0.5, 0.6) is 0 Å². The van der Waals surface area contributed by atoms with Crippen LogP contribution in [0.1, 0.15) is 17.3 Å². The summed E-state index contributed by atoms with van der Waals surface area (Å²) < 4.78 is 0.972. The lowest BCUT2D eigenvalue weighted by Crippen LogP contribution is -2.57. The van der Waals surface area contributed by atoms with Crippen molar-refractivity contribution in [3.05, 3.63) is 64.6 Å². The third kappa shape index (κ3) is 3.15. The van der Waals surface area contributed by atoms with Gasteiger partial charge < -0.3 is 9.80 Å². The summed E-state index contributed by atoms with van der Waals surface area (Å²) in [4.78, 5) is 28.7. The van der Waals surface area contributed by atoms with Crippen molar-refractivity contribution in [1.82, 2.24) is 4.90 Å². The maximum absolute atomic E-state index is 12.7. The van der Waals surface area contributed by atoms with Gasteiger partial charge in [-0.2, -0.15) is 0 Å². The number of carbonyl (C=O) groups excluding carboxylic acids is 2. The van der Waals surface area contributed by atoms with Gasteiger partial charge >= 0.3 is 0 Å². The Labute approximate surface area is 143 Å². The van der Waals surface area contributed by atoms with Crippen LogP contribution in [0.2, 0.25) is 0 Å². The first-order chi connectivity index (χ1) is 11.1. The molecule has 1 fully saturated rings. The van der Waals surface area contributed by atoms with Gasteiger partial charge in [-0.3, -0.25) is 9.59 Å². The summed E-state index contributed by atoms with van der Waals surface area (Å²) in [6.07, 6.45) is 0. The highest BCUT2D eigenvalue weighted by Crippen LogP contribution is 2.23. The zero-order valence-electron chi connectivity index (χ0n) is 12.8. The zero-order valence-corrected chi connectivity index (χ0v) is 14.4. The molecule has 0 N–H and O–H groups in total. The minimum absolute atomic E-state index is 0.0529. The van der Waals surface area contributed by atoms with Crippen molar-refractivity contribution in [2.75, 3.05) is 18.0 Å². The summed E-state index contributed by atoms with van der Waals surface area (Å²) >= 11 is 3.39. The van der Waals surface area contributed by atoms with Crippen LogP contribution < -0.4 is 4.90 Å². The molecule has 1 heterocycles. The number of nitrogens with zero attached hydrogens (tertiary/aromatic N) is 2. The molecule has 2 aromatic rings. The fourth-order valence-electron chi connectivity index (χ4n) is 2.77. The Hall–Kier alpha value is -2.14. The average Bonchev–Trinajstić information content (AvgIpc) is 2.58. The smallest absolute Gasteiger partial charge is 0.254 e. The van der Waals surface area contributed by atoms with Gasteiger partial charge in [-0.15, -0.1) is 0 Å². The molecule has 0 radical (unpaired) electrons. The molecular formula is C18H17BrN2O2. The standard InChI is InChI=1S/C18H17BrN2O2/c1-13-17(22)21(16-9-7-15(19)8-10-16)12-11-20(13)18(23)14-5-3-2-4-6-14/h2-10,13H,11-12H2,1H3/t13-/m0/s1. The molecule has 1 atom stereocenters. The number of anilines is 1. The van der Waals surface area contributed by atoms with Gasteiger partial charge in [0.05, 0.1) is 0 Å². The quantitative estimate of drug-likeness (QED) is 0.810. The Balaban J connectivity index is 1.79. The number of carbonyl (C=O) groups is 2. The summed E-state index contributed by atoms with van der Waals surface area (Å²) in [5, 5.41) is 0. The van der Waals surface area contributed by atoms with E-state index < -0.39 is 6.04 Å². The molecule has 3 rings (SSSR count). The second-order valence-electron chi connectivity index (χ2n) is 5.51. The highest BCUT2D eigenvalue weighted by Gasteiger charge is 2.35. The maximum Gasteiger partial charge on any atom is 0.254 e. The van der Waals surface area contributed by atoms with Gasteiger partial charge in [0.15, 0.2) is 0 Å². The first-order valence-electron chi connectivity index (χ1n) is 7.51. The molecular weight excluding hydrogens is 356 g/mol. The second kappa shape index (κ2) is 6.54. The Morgan fingerprint density at radius 2 is 1.70 bits per heavy atom. The summed E-state index contributed by atoms with van der Waals surface area (Å²) in [5.41, 5.74) is 1.47. The van der Waals surface area contributed by atoms with Crippen LogP contribution in [0.25, 0.3) is 0 Å². The molecule has 118 valence electrons. The number of hydrogen-bond acceptors (Lipinski definition) is 2. The summed E-state index contributed by atoms with van der Waals surface area (Å²) in [6, 6.07) is 16.3. The van der Waals surface area contributed by atoms with Crippen LogP contribution in [-0.2, 0) is 4.79 Å². The van der Waals surface area contributed by atoms with Crippen LogP contribution in [-0.4, -0.2) is 35.8 Å². The van der Waals surface area contributed by atoms with Crippen molar-refractivity contribution in [3.8, 4) is 0 Å². The van der Waals surface area contributed by atoms with Crippen LogP contribution in [0.15, 0.2) is 59.1 Å². The summed E-state index contributed by atoms with van der Waals surface area (Å²) in [6.45, 7) is 2.81. The minimum atomic E-state index is -0.472. The predicted octanol–water partition coefficient (Wildman–Crippen LogP) is 3.33. The molecule has 2 aromatic carbocycles. The van der Waals surface area contributed by atoms with E-state index in [9.17, 15) is 9.59 Å². The van der Waals surface area contributed by atoms with Crippen molar-refractivity contribution in [3.63, 3.8) is 0 Å². The topological polar surface area (TPSA) is 40.6 Å². The Morgan fingerprint density at radius 1 is 1.04 bits per heavy atom. The summed E-state index contributed by atoms with van der Waals surface area (Å²) in [5.74, 6) is -0.148. The van der Waals surface area contributed by atoms with E-state index in [0.717, 1.165) is 10.2 Å². The second-order valence-corrected chi connectivity index (χ2v) is 6.42. The number of amides is 2. The van der Waals surface area contributed by atoms with Crippen LogP contribution >= 0.6 is 15.9 Å². The van der Waals surface area contributed by atoms with E-state index in [-0.39, 0.29) is 11.8 Å². The van der Waals surface area contributed by atoms with Crippen molar-refractivity contribution in [1.29, 1.82) is 0 Å². The van der Waals surface area contributed by atoms with Crippen molar-refractivity contribution in [2.45, 2.75) is 13.0 Å². The third-order valence-electron chi connectivity index (χ3n) is 4.08. The molecule has 0 aliphatic carbocycles. The normalized spacial score (nSPS) is 18.2. The molecule has 1 aliphatic rings. The largest absolute Gasteiger partial charge is 0.325 e. The molecule has 5 heteroatoms. The fourth-order valence-corrected chi connectivity index (χ4v) is 3.04. The molecule has 0 aromatic heterocycles. The molecule has 0 bridgehead atoms. The van der Waals surface area contributed by atoms with E-state index in [1.54, 1.807) is 28.9 Å². The van der Waals surface area contributed by atoms with Gasteiger partial charge in [0, 0.05) is 28.8 Å². The molecule has 0 spiro atoms. The van der Waals surface area contributed by atoms with Crippen LogP contribution in [0.3, 0.4) is 0 Å². The van der Waals surface area contributed by atoms with Crippen molar-refractivity contribution >= 4 is 33.4 Å². The van der Waals surface area contributed by atoms with Gasteiger partial charge in [0.25, 0.3) is 5.91 Å². The van der Waals surface area contributed by atoms with Gasteiger partial charge in [-0.05, 0) is 43.3 Å². The van der Waals surface area contributed by atoms with E-state index in [0.29, 0.717) is 18.7 Å². The number of halogens is 1. The zero-order chi connectivity index (χ0) is 16.4. The fraction of sp³-hybridized carbons (Fsp3) is 0.222. The lowest BCUT2D eigenvalue weighted by atomic mass is 10.1. The van der Waals surface area contributed by atoms with E-state index in [4.69, 9.17) is 0 Å². The molecule has 2 amide bonds. The van der Waals surface area contributed by atoms with Crippen LogP contribution in [0, 0.1) is 0 Å². The van der Waals surface area contributed by atoms with Crippen molar-refractivity contribution < 1.29 is 9.59 Å². The van der Waals surface area contributed by atoms with Crippen molar-refractivity contribution in [2.24, 2.45) is 0 Å². The Morgan fingerprint density at radius 3 is 2.35 bits per heavy atom. The van der Waals surface area contributed by atoms with Gasteiger partial charge in [-0.25, -0.2) is 0 Å². The SMILES string of the molecule is C[C@H]1C(=O)N(c2ccc(Br)cc2)CCN1C(=O)c1ccccc1. The molecule has 0 saturated carbocycles. The third-order valence-corrected chi connectivity index (χ3v) is 4.60. The minimum Gasteiger partial charge on any atom is -0.325 e. The van der Waals surface area contributed by atoms with E-state index in [1.165, 1.54) is 0 Å².